The normalized spacial score (nSPS) is 21.0. The first-order valence-corrected chi connectivity index (χ1v) is 7.36. The first-order chi connectivity index (χ1) is 11.7. The summed E-state index contributed by atoms with van der Waals surface area (Å²) in [6.45, 7) is -3.15. The molecule has 25 heavy (non-hydrogen) atoms. The van der Waals surface area contributed by atoms with Gasteiger partial charge in [0, 0.05) is 37.9 Å². The Morgan fingerprint density at radius 2 is 2.20 bits per heavy atom. The lowest BCUT2D eigenvalue weighted by molar-refractivity contribution is -0.232. The first-order valence-electron chi connectivity index (χ1n) is 7.36. The number of hydrogen-bond acceptors (Lipinski definition) is 4. The van der Waals surface area contributed by atoms with Gasteiger partial charge >= 0.3 is 18.8 Å². The van der Waals surface area contributed by atoms with Crippen molar-refractivity contribution in [2.45, 2.75) is 44.3 Å². The number of hydrogen-bond donors (Lipinski definition) is 2. The van der Waals surface area contributed by atoms with Crippen molar-refractivity contribution in [1.82, 2.24) is 15.6 Å². The fourth-order valence-electron chi connectivity index (χ4n) is 2.29. The number of rotatable bonds is 5. The van der Waals surface area contributed by atoms with Crippen LogP contribution < -0.4 is 15.4 Å². The minimum absolute atomic E-state index is 0.0279. The van der Waals surface area contributed by atoms with Crippen LogP contribution in [0.2, 0.25) is 0 Å². The highest BCUT2D eigenvalue weighted by Gasteiger charge is 2.43. The Morgan fingerprint density at radius 1 is 1.44 bits per heavy atom. The van der Waals surface area contributed by atoms with Crippen LogP contribution in [0, 0.1) is 0 Å². The van der Waals surface area contributed by atoms with Gasteiger partial charge in [0.25, 0.3) is 0 Å². The molecule has 2 rings (SSSR count). The Balaban J connectivity index is 1.81. The monoisotopic (exact) mass is 369 g/mol. The summed E-state index contributed by atoms with van der Waals surface area (Å²) < 4.78 is 70.9. The molecule has 0 bridgehead atoms. The number of aromatic nitrogens is 1. The summed E-state index contributed by atoms with van der Waals surface area (Å²) in [5.41, 5.74) is 0.445. The zero-order valence-corrected chi connectivity index (χ0v) is 12.9. The summed E-state index contributed by atoms with van der Waals surface area (Å²) in [7, 11) is 0. The lowest BCUT2D eigenvalue weighted by Crippen LogP contribution is -2.49. The third-order valence-corrected chi connectivity index (χ3v) is 3.45. The van der Waals surface area contributed by atoms with Crippen LogP contribution in [-0.2, 0) is 11.3 Å². The topological polar surface area (TPSA) is 72.5 Å². The van der Waals surface area contributed by atoms with Gasteiger partial charge < -0.3 is 20.1 Å². The number of ether oxygens (including phenoxy) is 2. The SMILES string of the molecule is O=C(NCc1ccnc(OC(F)F)c1)NC1CCOC(C(F)(F)F)C1. The molecule has 1 aliphatic heterocycles. The zero-order valence-electron chi connectivity index (χ0n) is 12.9. The second kappa shape index (κ2) is 8.28. The Morgan fingerprint density at radius 3 is 2.88 bits per heavy atom. The van der Waals surface area contributed by atoms with Crippen LogP contribution in [0.5, 0.6) is 5.88 Å². The second-order valence-corrected chi connectivity index (χ2v) is 5.33. The van der Waals surface area contributed by atoms with Crippen molar-refractivity contribution >= 4 is 6.03 Å². The predicted octanol–water partition coefficient (Wildman–Crippen LogP) is 2.59. The summed E-state index contributed by atoms with van der Waals surface area (Å²) in [5, 5.41) is 4.88. The maximum Gasteiger partial charge on any atom is 0.414 e. The van der Waals surface area contributed by atoms with Crippen molar-refractivity contribution in [1.29, 1.82) is 0 Å². The van der Waals surface area contributed by atoms with Gasteiger partial charge in [-0.15, -0.1) is 0 Å². The number of urea groups is 1. The number of carbonyl (C=O) groups excluding carboxylic acids is 1. The van der Waals surface area contributed by atoms with Gasteiger partial charge in [-0.3, -0.25) is 0 Å². The van der Waals surface area contributed by atoms with E-state index in [9.17, 15) is 26.7 Å². The van der Waals surface area contributed by atoms with E-state index in [1.165, 1.54) is 18.3 Å². The minimum Gasteiger partial charge on any atom is -0.417 e. The molecule has 1 fully saturated rings. The van der Waals surface area contributed by atoms with E-state index in [2.05, 4.69) is 25.1 Å². The van der Waals surface area contributed by atoms with Crippen LogP contribution in [0.1, 0.15) is 18.4 Å². The van der Waals surface area contributed by atoms with Crippen LogP contribution in [0.15, 0.2) is 18.3 Å². The Kier molecular flexibility index (Phi) is 6.34. The third-order valence-electron chi connectivity index (χ3n) is 3.45. The number of halogens is 5. The van der Waals surface area contributed by atoms with Crippen LogP contribution in [0.25, 0.3) is 0 Å². The second-order valence-electron chi connectivity index (χ2n) is 5.33. The quantitative estimate of drug-likeness (QED) is 0.783. The molecule has 1 aromatic heterocycles. The highest BCUT2D eigenvalue weighted by atomic mass is 19.4. The van der Waals surface area contributed by atoms with Crippen molar-refractivity contribution in [3.05, 3.63) is 23.9 Å². The van der Waals surface area contributed by atoms with Crippen molar-refractivity contribution < 1.29 is 36.2 Å². The molecular formula is C14H16F5N3O3. The van der Waals surface area contributed by atoms with Gasteiger partial charge in [-0.05, 0) is 18.1 Å². The smallest absolute Gasteiger partial charge is 0.414 e. The van der Waals surface area contributed by atoms with Gasteiger partial charge in [-0.1, -0.05) is 0 Å². The summed E-state index contributed by atoms with van der Waals surface area (Å²) in [6.07, 6.45) is -5.24. The zero-order chi connectivity index (χ0) is 18.4. The summed E-state index contributed by atoms with van der Waals surface area (Å²) >= 11 is 0. The number of amides is 2. The van der Waals surface area contributed by atoms with Gasteiger partial charge in [0.05, 0.1) is 0 Å². The molecule has 2 unspecified atom stereocenters. The van der Waals surface area contributed by atoms with E-state index in [-0.39, 0.29) is 31.9 Å². The summed E-state index contributed by atoms with van der Waals surface area (Å²) in [4.78, 5) is 15.4. The third kappa shape index (κ3) is 6.33. The van der Waals surface area contributed by atoms with Crippen molar-refractivity contribution in [2.24, 2.45) is 0 Å². The molecule has 1 saturated heterocycles. The van der Waals surface area contributed by atoms with Crippen molar-refractivity contribution in [3.8, 4) is 5.88 Å². The molecule has 2 amide bonds. The van der Waals surface area contributed by atoms with E-state index in [1.54, 1.807) is 0 Å². The maximum atomic E-state index is 12.6. The van der Waals surface area contributed by atoms with E-state index >= 15 is 0 Å². The predicted molar refractivity (Wildman–Crippen MR) is 75.1 cm³/mol. The molecular weight excluding hydrogens is 353 g/mol. The molecule has 11 heteroatoms. The number of nitrogens with one attached hydrogen (secondary N) is 2. The molecule has 2 heterocycles. The molecule has 140 valence electrons. The molecule has 0 aliphatic carbocycles. The van der Waals surface area contributed by atoms with E-state index in [0.29, 0.717) is 5.56 Å². The largest absolute Gasteiger partial charge is 0.417 e. The molecule has 1 aromatic rings. The highest BCUT2D eigenvalue weighted by molar-refractivity contribution is 5.74. The Bertz CT molecular complexity index is 585. The summed E-state index contributed by atoms with van der Waals surface area (Å²) in [6, 6.07) is 1.37. The van der Waals surface area contributed by atoms with Gasteiger partial charge in [0.1, 0.15) is 0 Å². The van der Waals surface area contributed by atoms with Gasteiger partial charge in [0.15, 0.2) is 6.10 Å². The van der Waals surface area contributed by atoms with E-state index < -0.39 is 31.0 Å². The lowest BCUT2D eigenvalue weighted by atomic mass is 10.0. The fourth-order valence-corrected chi connectivity index (χ4v) is 2.29. The highest BCUT2D eigenvalue weighted by Crippen LogP contribution is 2.29. The van der Waals surface area contributed by atoms with Gasteiger partial charge in [-0.25, -0.2) is 9.78 Å². The van der Waals surface area contributed by atoms with Crippen LogP contribution >= 0.6 is 0 Å². The number of carbonyl (C=O) groups is 1. The van der Waals surface area contributed by atoms with Gasteiger partial charge in [0.2, 0.25) is 5.88 Å². The number of nitrogens with zero attached hydrogens (tertiary/aromatic N) is 1. The Labute approximate surface area is 139 Å². The molecule has 0 aromatic carbocycles. The maximum absolute atomic E-state index is 12.6. The van der Waals surface area contributed by atoms with Crippen LogP contribution in [-0.4, -0.2) is 42.6 Å². The average molecular weight is 369 g/mol. The fraction of sp³-hybridized carbons (Fsp3) is 0.571. The van der Waals surface area contributed by atoms with E-state index in [0.717, 1.165) is 0 Å². The van der Waals surface area contributed by atoms with E-state index in [1.807, 2.05) is 0 Å². The summed E-state index contributed by atoms with van der Waals surface area (Å²) in [5.74, 6) is -0.299. The molecule has 2 atom stereocenters. The van der Waals surface area contributed by atoms with E-state index in [4.69, 9.17) is 0 Å². The number of pyridine rings is 1. The number of alkyl halides is 5. The average Bonchev–Trinajstić information content (AvgIpc) is 2.52. The molecule has 0 saturated carbocycles. The Hall–Kier alpha value is -2.17. The standard InChI is InChI=1S/C14H16F5N3O3/c15-12(16)25-11-5-8(1-3-20-11)7-21-13(23)22-9-2-4-24-10(6-9)14(17,18)19/h1,3,5,9-10,12H,2,4,6-7H2,(H2,21,22,23). The van der Waals surface area contributed by atoms with Crippen LogP contribution in [0.3, 0.4) is 0 Å². The molecule has 0 spiro atoms. The van der Waals surface area contributed by atoms with Crippen LogP contribution in [0.4, 0.5) is 26.7 Å². The molecule has 6 nitrogen and oxygen atoms in total. The van der Waals surface area contributed by atoms with Gasteiger partial charge in [-0.2, -0.15) is 22.0 Å². The first kappa shape index (κ1) is 19.2. The molecule has 0 radical (unpaired) electrons. The molecule has 2 N–H and O–H groups in total. The van der Waals surface area contributed by atoms with Crippen molar-refractivity contribution in [2.75, 3.05) is 6.61 Å². The van der Waals surface area contributed by atoms with Crippen molar-refractivity contribution in [3.63, 3.8) is 0 Å². The molecule has 1 aliphatic rings. The minimum atomic E-state index is -4.48. The lowest BCUT2D eigenvalue weighted by Gasteiger charge is -2.31.